The molecule has 0 heterocycles. The summed E-state index contributed by atoms with van der Waals surface area (Å²) in [6, 6.07) is 13.2. The molecule has 0 aliphatic heterocycles. The Kier molecular flexibility index (Phi) is 4.12. The number of Topliss-reactive ketones (excluding diaryl/α,β-unsaturated/α-hetero) is 4. The molecule has 0 bridgehead atoms. The number of ketones is 4. The summed E-state index contributed by atoms with van der Waals surface area (Å²) in [5.41, 5.74) is 2.11. The van der Waals surface area contributed by atoms with E-state index in [1.807, 2.05) is 0 Å². The van der Waals surface area contributed by atoms with E-state index in [1.165, 1.54) is 0 Å². The van der Waals surface area contributed by atoms with Gasteiger partial charge in [-0.25, -0.2) is 0 Å². The van der Waals surface area contributed by atoms with Gasteiger partial charge in [-0.05, 0) is 22.9 Å². The number of fused-ring (bicyclic) bond motifs is 2. The lowest BCUT2D eigenvalue weighted by atomic mass is 9.79. The van der Waals surface area contributed by atoms with E-state index in [9.17, 15) is 19.2 Å². The molecule has 0 amide bonds. The SMILES string of the molecule is CC1=C(CC2=C(Br)C(=O)c3ccccc3C2=O)C(=O)c2ccccc2C1=O. The van der Waals surface area contributed by atoms with Gasteiger partial charge in [0.25, 0.3) is 0 Å². The Morgan fingerprint density at radius 2 is 1.04 bits per heavy atom. The molecule has 0 fully saturated rings. The lowest BCUT2D eigenvalue weighted by molar-refractivity contribution is 0.0964. The zero-order valence-corrected chi connectivity index (χ0v) is 15.9. The molecule has 4 nitrogen and oxygen atoms in total. The van der Waals surface area contributed by atoms with E-state index < -0.39 is 0 Å². The maximum atomic E-state index is 12.9. The maximum absolute atomic E-state index is 12.9. The molecule has 2 aromatic rings. The fourth-order valence-corrected chi connectivity index (χ4v) is 4.03. The quantitative estimate of drug-likeness (QED) is 0.716. The first-order valence-electron chi connectivity index (χ1n) is 8.37. The van der Waals surface area contributed by atoms with Crippen molar-refractivity contribution in [3.05, 3.63) is 92.0 Å². The largest absolute Gasteiger partial charge is 0.289 e. The summed E-state index contributed by atoms with van der Waals surface area (Å²) in [6.45, 7) is 1.59. The molecule has 0 atom stereocenters. The van der Waals surface area contributed by atoms with Gasteiger partial charge < -0.3 is 0 Å². The zero-order chi connectivity index (χ0) is 19.3. The third kappa shape index (κ3) is 2.58. The number of halogens is 1. The van der Waals surface area contributed by atoms with Crippen molar-refractivity contribution >= 4 is 39.1 Å². The van der Waals surface area contributed by atoms with Crippen LogP contribution in [0.3, 0.4) is 0 Å². The summed E-state index contributed by atoms with van der Waals surface area (Å²) < 4.78 is 0.144. The lowest BCUT2D eigenvalue weighted by Crippen LogP contribution is -2.25. The topological polar surface area (TPSA) is 68.3 Å². The summed E-state index contributed by atoms with van der Waals surface area (Å²) in [5.74, 6) is -1.12. The first-order valence-corrected chi connectivity index (χ1v) is 9.16. The lowest BCUT2D eigenvalue weighted by Gasteiger charge is -2.22. The molecule has 0 aromatic heterocycles. The minimum absolute atomic E-state index is 0.0652. The summed E-state index contributed by atoms with van der Waals surface area (Å²) in [7, 11) is 0. The van der Waals surface area contributed by atoms with Crippen molar-refractivity contribution in [2.24, 2.45) is 0 Å². The Morgan fingerprint density at radius 1 is 0.630 bits per heavy atom. The normalized spacial score (nSPS) is 16.7. The third-order valence-corrected chi connectivity index (χ3v) is 5.83. The van der Waals surface area contributed by atoms with Crippen LogP contribution in [0.2, 0.25) is 0 Å². The number of hydrogen-bond donors (Lipinski definition) is 0. The van der Waals surface area contributed by atoms with E-state index >= 15 is 0 Å². The van der Waals surface area contributed by atoms with Crippen molar-refractivity contribution in [2.75, 3.05) is 0 Å². The molecular formula is C22H13BrO4. The van der Waals surface area contributed by atoms with Crippen LogP contribution >= 0.6 is 15.9 Å². The summed E-state index contributed by atoms with van der Waals surface area (Å²) in [6.07, 6.45) is -0.0652. The smallest absolute Gasteiger partial charge is 0.201 e. The number of carbonyl (C=O) groups excluding carboxylic acids is 4. The zero-order valence-electron chi connectivity index (χ0n) is 14.3. The van der Waals surface area contributed by atoms with E-state index in [0.29, 0.717) is 27.8 Å². The van der Waals surface area contributed by atoms with Crippen LogP contribution in [0.4, 0.5) is 0 Å². The van der Waals surface area contributed by atoms with Crippen LogP contribution in [0.15, 0.2) is 69.7 Å². The van der Waals surface area contributed by atoms with E-state index in [-0.39, 0.29) is 45.2 Å². The Labute approximate surface area is 163 Å². The van der Waals surface area contributed by atoms with Crippen LogP contribution in [0.5, 0.6) is 0 Å². The molecule has 2 aliphatic rings. The number of hydrogen-bond acceptors (Lipinski definition) is 4. The van der Waals surface area contributed by atoms with Crippen LogP contribution in [0.25, 0.3) is 0 Å². The van der Waals surface area contributed by atoms with Gasteiger partial charge in [0.2, 0.25) is 5.78 Å². The van der Waals surface area contributed by atoms with Gasteiger partial charge in [0.15, 0.2) is 17.3 Å². The minimum atomic E-state index is -0.309. The van der Waals surface area contributed by atoms with Crippen LogP contribution < -0.4 is 0 Å². The van der Waals surface area contributed by atoms with E-state index in [2.05, 4.69) is 15.9 Å². The van der Waals surface area contributed by atoms with Gasteiger partial charge >= 0.3 is 0 Å². The van der Waals surface area contributed by atoms with Gasteiger partial charge in [0, 0.05) is 45.4 Å². The van der Waals surface area contributed by atoms with Gasteiger partial charge in [-0.2, -0.15) is 0 Å². The Hall–Kier alpha value is -2.92. The molecule has 0 unspecified atom stereocenters. The van der Waals surface area contributed by atoms with Gasteiger partial charge in [-0.3, -0.25) is 19.2 Å². The van der Waals surface area contributed by atoms with Crippen molar-refractivity contribution in [2.45, 2.75) is 13.3 Å². The Balaban J connectivity index is 1.81. The molecule has 132 valence electrons. The number of carbonyl (C=O) groups is 4. The van der Waals surface area contributed by atoms with Crippen LogP contribution in [0.1, 0.15) is 54.8 Å². The molecule has 0 radical (unpaired) electrons. The fraction of sp³-hybridized carbons (Fsp3) is 0.0909. The third-order valence-electron chi connectivity index (χ3n) is 4.99. The van der Waals surface area contributed by atoms with E-state index in [1.54, 1.807) is 55.5 Å². The molecule has 4 rings (SSSR count). The van der Waals surface area contributed by atoms with Crippen LogP contribution in [-0.4, -0.2) is 23.1 Å². The number of allylic oxidation sites excluding steroid dienone is 4. The van der Waals surface area contributed by atoms with Crippen LogP contribution in [0, 0.1) is 0 Å². The predicted molar refractivity (Wildman–Crippen MR) is 103 cm³/mol. The average molecular weight is 421 g/mol. The van der Waals surface area contributed by atoms with Gasteiger partial charge in [0.1, 0.15) is 0 Å². The first kappa shape index (κ1) is 17.5. The Morgan fingerprint density at radius 3 is 1.56 bits per heavy atom. The number of rotatable bonds is 2. The van der Waals surface area contributed by atoms with Crippen molar-refractivity contribution in [3.8, 4) is 0 Å². The first-order chi connectivity index (χ1) is 12.9. The Bertz CT molecular complexity index is 1050. The summed E-state index contributed by atoms with van der Waals surface area (Å²) in [5, 5.41) is 0. The highest BCUT2D eigenvalue weighted by atomic mass is 79.9. The monoisotopic (exact) mass is 420 g/mol. The molecular weight excluding hydrogens is 408 g/mol. The summed E-state index contributed by atoms with van der Waals surface area (Å²) in [4.78, 5) is 51.1. The molecule has 0 saturated heterocycles. The second-order valence-corrected chi connectivity index (χ2v) is 7.27. The second kappa shape index (κ2) is 6.35. The molecule has 2 aliphatic carbocycles. The predicted octanol–water partition coefficient (Wildman–Crippen LogP) is 4.50. The fourth-order valence-electron chi connectivity index (χ4n) is 3.50. The maximum Gasteiger partial charge on any atom is 0.201 e. The molecule has 0 N–H and O–H groups in total. The van der Waals surface area contributed by atoms with Crippen molar-refractivity contribution < 1.29 is 19.2 Å². The van der Waals surface area contributed by atoms with E-state index in [4.69, 9.17) is 0 Å². The standard InChI is InChI=1S/C22H13BrO4/c1-11-16(20(25)13-7-3-2-6-12(13)19(11)24)10-17-18(23)22(27)15-9-5-4-8-14(15)21(17)26/h2-9H,10H2,1H3. The van der Waals surface area contributed by atoms with Gasteiger partial charge in [-0.15, -0.1) is 0 Å². The molecule has 2 aromatic carbocycles. The minimum Gasteiger partial charge on any atom is -0.289 e. The molecule has 0 saturated carbocycles. The average Bonchev–Trinajstić information content (AvgIpc) is 2.70. The molecule has 5 heteroatoms. The van der Waals surface area contributed by atoms with Gasteiger partial charge in [0.05, 0.1) is 4.48 Å². The second-order valence-electron chi connectivity index (χ2n) is 6.48. The van der Waals surface area contributed by atoms with Crippen LogP contribution in [-0.2, 0) is 0 Å². The van der Waals surface area contributed by atoms with Crippen molar-refractivity contribution in [1.29, 1.82) is 0 Å². The molecule has 0 spiro atoms. The summed E-state index contributed by atoms with van der Waals surface area (Å²) >= 11 is 3.23. The number of benzene rings is 2. The highest BCUT2D eigenvalue weighted by molar-refractivity contribution is 9.12. The van der Waals surface area contributed by atoms with E-state index in [0.717, 1.165) is 0 Å². The highest BCUT2D eigenvalue weighted by Crippen LogP contribution is 2.36. The van der Waals surface area contributed by atoms with Crippen molar-refractivity contribution in [1.82, 2.24) is 0 Å². The van der Waals surface area contributed by atoms with Gasteiger partial charge in [-0.1, -0.05) is 48.5 Å². The highest BCUT2D eigenvalue weighted by Gasteiger charge is 2.35. The van der Waals surface area contributed by atoms with Crippen molar-refractivity contribution in [3.63, 3.8) is 0 Å². The molecule has 27 heavy (non-hydrogen) atoms.